The molecule has 1 saturated heterocycles. The number of benzene rings is 1. The largest absolute Gasteiger partial charge is 0.351 e. The molecule has 0 atom stereocenters. The number of pyridine rings is 1. The minimum absolute atomic E-state index is 0.208. The third-order valence-electron chi connectivity index (χ3n) is 4.99. The Morgan fingerprint density at radius 1 is 1.13 bits per heavy atom. The van der Waals surface area contributed by atoms with Crippen LogP contribution in [0.15, 0.2) is 61.2 Å². The number of carbonyl (C=O) groups excluding carboxylic acids is 2. The van der Waals surface area contributed by atoms with E-state index < -0.39 is 0 Å². The lowest BCUT2D eigenvalue weighted by Crippen LogP contribution is -2.31. The van der Waals surface area contributed by atoms with E-state index in [1.165, 1.54) is 0 Å². The summed E-state index contributed by atoms with van der Waals surface area (Å²) in [4.78, 5) is 34.3. The molecule has 2 N–H and O–H groups in total. The van der Waals surface area contributed by atoms with Crippen molar-refractivity contribution in [1.82, 2.24) is 24.8 Å². The van der Waals surface area contributed by atoms with Crippen LogP contribution in [0.2, 0.25) is 0 Å². The average molecular weight is 404 g/mol. The Labute approximate surface area is 175 Å². The van der Waals surface area contributed by atoms with Crippen molar-refractivity contribution in [3.63, 3.8) is 0 Å². The zero-order valence-electron chi connectivity index (χ0n) is 16.6. The quantitative estimate of drug-likeness (QED) is 0.563. The number of hydrogen-bond donors (Lipinski definition) is 2. The van der Waals surface area contributed by atoms with Crippen LogP contribution >= 0.6 is 0 Å². The molecule has 3 aromatic rings. The summed E-state index contributed by atoms with van der Waals surface area (Å²) < 4.78 is 1.92. The number of nitrogens with zero attached hydrogens (tertiary/aromatic N) is 4. The molecule has 0 unspecified atom stereocenters. The van der Waals surface area contributed by atoms with Gasteiger partial charge in [0.2, 0.25) is 5.91 Å². The van der Waals surface area contributed by atoms with Gasteiger partial charge in [-0.1, -0.05) is 6.07 Å². The molecule has 30 heavy (non-hydrogen) atoms. The van der Waals surface area contributed by atoms with Gasteiger partial charge in [-0.2, -0.15) is 0 Å². The van der Waals surface area contributed by atoms with E-state index in [2.05, 4.69) is 20.6 Å². The first-order valence-corrected chi connectivity index (χ1v) is 10.1. The van der Waals surface area contributed by atoms with Crippen LogP contribution < -0.4 is 10.6 Å². The maximum Gasteiger partial charge on any atom is 0.269 e. The molecule has 1 aliphatic rings. The third-order valence-corrected chi connectivity index (χ3v) is 4.99. The van der Waals surface area contributed by atoms with Gasteiger partial charge in [0.05, 0.1) is 6.33 Å². The lowest BCUT2D eigenvalue weighted by molar-refractivity contribution is -0.127. The molecule has 2 amide bonds. The molecular formula is C22H24N6O2. The van der Waals surface area contributed by atoms with Gasteiger partial charge in [0.25, 0.3) is 5.91 Å². The molecular weight excluding hydrogens is 380 g/mol. The van der Waals surface area contributed by atoms with Crippen LogP contribution in [0.1, 0.15) is 29.8 Å². The van der Waals surface area contributed by atoms with Gasteiger partial charge in [0.15, 0.2) is 0 Å². The molecule has 0 bridgehead atoms. The standard InChI is InChI=1S/C22H24N6O2/c29-21-6-2-13-27(21)14-3-11-24-22(30)19-4-1-5-20(26-19)25-17-7-9-18(10-8-17)28-15-12-23-16-28/h1,4-5,7-10,12,15-16H,2-3,6,11,13-14H2,(H,24,30)(H,25,26). The second-order valence-corrected chi connectivity index (χ2v) is 7.14. The van der Waals surface area contributed by atoms with Crippen LogP contribution in [0.25, 0.3) is 5.69 Å². The number of aromatic nitrogens is 3. The van der Waals surface area contributed by atoms with Crippen molar-refractivity contribution in [2.75, 3.05) is 25.0 Å². The van der Waals surface area contributed by atoms with Gasteiger partial charge < -0.3 is 20.1 Å². The highest BCUT2D eigenvalue weighted by molar-refractivity contribution is 5.92. The molecule has 8 heteroatoms. The zero-order chi connectivity index (χ0) is 20.8. The molecule has 4 rings (SSSR count). The van der Waals surface area contributed by atoms with Crippen molar-refractivity contribution in [1.29, 1.82) is 0 Å². The van der Waals surface area contributed by atoms with Crippen LogP contribution in [-0.4, -0.2) is 50.9 Å². The molecule has 0 aliphatic carbocycles. The van der Waals surface area contributed by atoms with Crippen LogP contribution in [-0.2, 0) is 4.79 Å². The van der Waals surface area contributed by atoms with Crippen molar-refractivity contribution >= 4 is 23.3 Å². The van der Waals surface area contributed by atoms with Gasteiger partial charge in [-0.3, -0.25) is 9.59 Å². The number of likely N-dealkylation sites (tertiary alicyclic amines) is 1. The molecule has 154 valence electrons. The zero-order valence-corrected chi connectivity index (χ0v) is 16.6. The number of hydrogen-bond acceptors (Lipinski definition) is 5. The third kappa shape index (κ3) is 4.83. The van der Waals surface area contributed by atoms with Crippen LogP contribution in [0.5, 0.6) is 0 Å². The minimum atomic E-state index is -0.221. The summed E-state index contributed by atoms with van der Waals surface area (Å²) >= 11 is 0. The monoisotopic (exact) mass is 404 g/mol. The number of carbonyl (C=O) groups is 2. The van der Waals surface area contributed by atoms with E-state index in [-0.39, 0.29) is 11.8 Å². The van der Waals surface area contributed by atoms with Crippen molar-refractivity contribution in [3.05, 3.63) is 66.9 Å². The van der Waals surface area contributed by atoms with E-state index in [1.54, 1.807) is 24.7 Å². The molecule has 0 radical (unpaired) electrons. The van der Waals surface area contributed by atoms with Crippen molar-refractivity contribution < 1.29 is 9.59 Å². The van der Waals surface area contributed by atoms with Gasteiger partial charge >= 0.3 is 0 Å². The smallest absolute Gasteiger partial charge is 0.269 e. The van der Waals surface area contributed by atoms with Crippen LogP contribution in [0, 0.1) is 0 Å². The summed E-state index contributed by atoms with van der Waals surface area (Å²) in [6, 6.07) is 13.2. The predicted octanol–water partition coefficient (Wildman–Crippen LogP) is 2.75. The fourth-order valence-electron chi connectivity index (χ4n) is 3.41. The lowest BCUT2D eigenvalue weighted by Gasteiger charge is -2.15. The van der Waals surface area contributed by atoms with Crippen molar-refractivity contribution in [3.8, 4) is 5.69 Å². The number of rotatable bonds is 8. The van der Waals surface area contributed by atoms with Crippen LogP contribution in [0.4, 0.5) is 11.5 Å². The first-order valence-electron chi connectivity index (χ1n) is 10.1. The molecule has 3 heterocycles. The van der Waals surface area contributed by atoms with Gasteiger partial charge in [0.1, 0.15) is 11.5 Å². The molecule has 8 nitrogen and oxygen atoms in total. The highest BCUT2D eigenvalue weighted by Gasteiger charge is 2.19. The number of imidazole rings is 1. The Bertz CT molecular complexity index is 1000. The molecule has 0 saturated carbocycles. The number of amides is 2. The Morgan fingerprint density at radius 2 is 2.00 bits per heavy atom. The topological polar surface area (TPSA) is 92.2 Å². The summed E-state index contributed by atoms with van der Waals surface area (Å²) in [6.45, 7) is 2.02. The van der Waals surface area contributed by atoms with Crippen molar-refractivity contribution in [2.45, 2.75) is 19.3 Å². The molecule has 1 fully saturated rings. The van der Waals surface area contributed by atoms with E-state index in [1.807, 2.05) is 46.0 Å². The molecule has 0 spiro atoms. The van der Waals surface area contributed by atoms with Gasteiger partial charge in [-0.05, 0) is 49.2 Å². The first-order chi connectivity index (χ1) is 14.7. The van der Waals surface area contributed by atoms with E-state index >= 15 is 0 Å². The fraction of sp³-hybridized carbons (Fsp3) is 0.273. The Balaban J connectivity index is 1.29. The number of anilines is 2. The molecule has 2 aromatic heterocycles. The van der Waals surface area contributed by atoms with Gasteiger partial charge in [-0.15, -0.1) is 0 Å². The van der Waals surface area contributed by atoms with Crippen LogP contribution in [0.3, 0.4) is 0 Å². The van der Waals surface area contributed by atoms with E-state index in [4.69, 9.17) is 0 Å². The van der Waals surface area contributed by atoms with E-state index in [9.17, 15) is 9.59 Å². The van der Waals surface area contributed by atoms with E-state index in [0.29, 0.717) is 31.0 Å². The summed E-state index contributed by atoms with van der Waals surface area (Å²) in [5.41, 5.74) is 2.24. The Kier molecular flexibility index (Phi) is 6.03. The average Bonchev–Trinajstić information content (AvgIpc) is 3.44. The maximum atomic E-state index is 12.4. The van der Waals surface area contributed by atoms with E-state index in [0.717, 1.165) is 30.8 Å². The first kappa shape index (κ1) is 19.6. The molecule has 1 aliphatic heterocycles. The summed E-state index contributed by atoms with van der Waals surface area (Å²) in [5.74, 6) is 0.586. The van der Waals surface area contributed by atoms with Gasteiger partial charge in [0, 0.05) is 49.8 Å². The second kappa shape index (κ2) is 9.21. The Hall–Kier alpha value is -3.68. The SMILES string of the molecule is O=C(NCCCN1CCCC1=O)c1cccc(Nc2ccc(-n3ccnc3)cc2)n1. The predicted molar refractivity (Wildman–Crippen MR) is 114 cm³/mol. The molecule has 1 aromatic carbocycles. The van der Waals surface area contributed by atoms with Crippen molar-refractivity contribution in [2.24, 2.45) is 0 Å². The normalized spacial score (nSPS) is 13.5. The summed E-state index contributed by atoms with van der Waals surface area (Å²) in [6.07, 6.45) is 7.67. The number of nitrogens with one attached hydrogen (secondary N) is 2. The summed E-state index contributed by atoms with van der Waals surface area (Å²) in [5, 5.41) is 6.10. The summed E-state index contributed by atoms with van der Waals surface area (Å²) in [7, 11) is 0. The highest BCUT2D eigenvalue weighted by Crippen LogP contribution is 2.17. The maximum absolute atomic E-state index is 12.4. The minimum Gasteiger partial charge on any atom is -0.351 e. The van der Waals surface area contributed by atoms with Gasteiger partial charge in [-0.25, -0.2) is 9.97 Å². The lowest BCUT2D eigenvalue weighted by atomic mass is 10.2. The highest BCUT2D eigenvalue weighted by atomic mass is 16.2. The Morgan fingerprint density at radius 3 is 2.73 bits per heavy atom. The fourth-order valence-corrected chi connectivity index (χ4v) is 3.41. The second-order valence-electron chi connectivity index (χ2n) is 7.14.